The van der Waals surface area contributed by atoms with Gasteiger partial charge in [0.25, 0.3) is 0 Å². The highest BCUT2D eigenvalue weighted by molar-refractivity contribution is 5.79. The van der Waals surface area contributed by atoms with Crippen LogP contribution in [0, 0.1) is 5.92 Å². The number of hydrogen-bond donors (Lipinski definition) is 2. The van der Waals surface area contributed by atoms with Crippen LogP contribution < -0.4 is 11.1 Å². The van der Waals surface area contributed by atoms with Crippen molar-refractivity contribution in [3.05, 3.63) is 59.7 Å². The van der Waals surface area contributed by atoms with Crippen LogP contribution in [0.5, 0.6) is 0 Å². The molecule has 0 bridgehead atoms. The highest BCUT2D eigenvalue weighted by Crippen LogP contribution is 2.44. The summed E-state index contributed by atoms with van der Waals surface area (Å²) in [7, 11) is 0. The van der Waals surface area contributed by atoms with E-state index in [0.29, 0.717) is 25.1 Å². The lowest BCUT2D eigenvalue weighted by atomic mass is 9.81. The van der Waals surface area contributed by atoms with Gasteiger partial charge in [0, 0.05) is 18.5 Å². The van der Waals surface area contributed by atoms with Gasteiger partial charge < -0.3 is 15.8 Å². The zero-order chi connectivity index (χ0) is 16.5. The fraction of sp³-hybridized carbons (Fsp3) is 0.350. The first-order valence-corrected chi connectivity index (χ1v) is 8.57. The number of nitrogens with one attached hydrogen (secondary N) is 1. The van der Waals surface area contributed by atoms with E-state index in [4.69, 9.17) is 10.5 Å². The third kappa shape index (κ3) is 2.78. The van der Waals surface area contributed by atoms with E-state index in [1.165, 1.54) is 22.3 Å². The minimum Gasteiger partial charge on any atom is -0.449 e. The van der Waals surface area contributed by atoms with Crippen LogP contribution in [0.2, 0.25) is 0 Å². The van der Waals surface area contributed by atoms with Gasteiger partial charge in [0.05, 0.1) is 0 Å². The van der Waals surface area contributed by atoms with Crippen LogP contribution in [0.15, 0.2) is 48.5 Å². The number of hydrogen-bond acceptors (Lipinski definition) is 3. The second-order valence-electron chi connectivity index (χ2n) is 6.80. The van der Waals surface area contributed by atoms with Crippen molar-refractivity contribution >= 4 is 6.09 Å². The molecule has 2 aromatic carbocycles. The highest BCUT2D eigenvalue weighted by Gasteiger charge is 2.29. The number of carbonyl (C=O) groups is 1. The van der Waals surface area contributed by atoms with Crippen molar-refractivity contribution in [3.8, 4) is 11.1 Å². The quantitative estimate of drug-likeness (QED) is 0.908. The van der Waals surface area contributed by atoms with Crippen LogP contribution in [0.4, 0.5) is 4.79 Å². The monoisotopic (exact) mass is 322 g/mol. The molecular weight excluding hydrogens is 300 g/mol. The molecule has 0 aromatic heterocycles. The maximum Gasteiger partial charge on any atom is 0.407 e. The molecule has 4 heteroatoms. The molecule has 0 unspecified atom stereocenters. The molecule has 0 atom stereocenters. The third-order valence-corrected chi connectivity index (χ3v) is 5.15. The maximum atomic E-state index is 12.0. The predicted molar refractivity (Wildman–Crippen MR) is 93.8 cm³/mol. The Morgan fingerprint density at radius 2 is 1.62 bits per heavy atom. The van der Waals surface area contributed by atoms with Crippen molar-refractivity contribution in [2.24, 2.45) is 11.7 Å². The summed E-state index contributed by atoms with van der Waals surface area (Å²) in [5.74, 6) is 0.612. The van der Waals surface area contributed by atoms with Crippen molar-refractivity contribution in [1.82, 2.24) is 5.32 Å². The second kappa shape index (κ2) is 6.29. The Labute approximate surface area is 142 Å². The van der Waals surface area contributed by atoms with Crippen molar-refractivity contribution in [2.75, 3.05) is 13.2 Å². The van der Waals surface area contributed by atoms with E-state index in [1.807, 2.05) is 12.1 Å². The second-order valence-corrected chi connectivity index (χ2v) is 6.80. The Balaban J connectivity index is 1.40. The smallest absolute Gasteiger partial charge is 0.407 e. The molecule has 24 heavy (non-hydrogen) atoms. The molecule has 4 rings (SSSR count). The Kier molecular flexibility index (Phi) is 3.98. The molecule has 0 aliphatic heterocycles. The van der Waals surface area contributed by atoms with E-state index in [1.54, 1.807) is 0 Å². The zero-order valence-corrected chi connectivity index (χ0v) is 13.6. The fourth-order valence-electron chi connectivity index (χ4n) is 3.83. The molecule has 4 nitrogen and oxygen atoms in total. The number of carbonyl (C=O) groups excluding carboxylic acids is 1. The lowest BCUT2D eigenvalue weighted by molar-refractivity contribution is 0.137. The number of nitrogens with two attached hydrogens (primary N) is 1. The van der Waals surface area contributed by atoms with E-state index >= 15 is 0 Å². The van der Waals surface area contributed by atoms with E-state index in [-0.39, 0.29) is 12.0 Å². The van der Waals surface area contributed by atoms with Gasteiger partial charge in [0.1, 0.15) is 6.61 Å². The molecule has 124 valence electrons. The van der Waals surface area contributed by atoms with Gasteiger partial charge in [-0.15, -0.1) is 0 Å². The van der Waals surface area contributed by atoms with Crippen molar-refractivity contribution < 1.29 is 9.53 Å². The summed E-state index contributed by atoms with van der Waals surface area (Å²) in [5.41, 5.74) is 10.7. The number of ether oxygens (including phenoxy) is 1. The lowest BCUT2D eigenvalue weighted by Gasteiger charge is -2.32. The van der Waals surface area contributed by atoms with Crippen molar-refractivity contribution in [1.29, 1.82) is 0 Å². The molecule has 0 radical (unpaired) electrons. The topological polar surface area (TPSA) is 64.3 Å². The summed E-state index contributed by atoms with van der Waals surface area (Å²) in [6, 6.07) is 17.0. The highest BCUT2D eigenvalue weighted by atomic mass is 16.5. The number of fused-ring (bicyclic) bond motifs is 3. The van der Waals surface area contributed by atoms with E-state index in [9.17, 15) is 4.79 Å². The summed E-state index contributed by atoms with van der Waals surface area (Å²) in [5, 5.41) is 2.86. The molecule has 2 aromatic rings. The zero-order valence-electron chi connectivity index (χ0n) is 13.6. The number of alkyl carbamates (subject to hydrolysis) is 1. The fourth-order valence-corrected chi connectivity index (χ4v) is 3.83. The Morgan fingerprint density at radius 1 is 1.04 bits per heavy atom. The van der Waals surface area contributed by atoms with Gasteiger partial charge in [-0.25, -0.2) is 4.79 Å². The largest absolute Gasteiger partial charge is 0.449 e. The minimum atomic E-state index is -0.336. The van der Waals surface area contributed by atoms with Crippen molar-refractivity contribution in [2.45, 2.75) is 24.8 Å². The third-order valence-electron chi connectivity index (χ3n) is 5.15. The van der Waals surface area contributed by atoms with Gasteiger partial charge in [-0.1, -0.05) is 48.5 Å². The molecule has 1 fully saturated rings. The Morgan fingerprint density at radius 3 is 2.21 bits per heavy atom. The molecule has 0 heterocycles. The van der Waals surface area contributed by atoms with Crippen LogP contribution in [0.1, 0.15) is 29.9 Å². The number of benzene rings is 2. The Hall–Kier alpha value is -2.33. The van der Waals surface area contributed by atoms with Crippen LogP contribution >= 0.6 is 0 Å². The molecular formula is C20H22N2O2. The lowest BCUT2D eigenvalue weighted by Crippen LogP contribution is -2.42. The molecule has 0 saturated heterocycles. The summed E-state index contributed by atoms with van der Waals surface area (Å²) in [4.78, 5) is 12.0. The van der Waals surface area contributed by atoms with E-state index in [0.717, 1.165) is 12.8 Å². The summed E-state index contributed by atoms with van der Waals surface area (Å²) in [6.07, 6.45) is 1.64. The van der Waals surface area contributed by atoms with Gasteiger partial charge in [0.2, 0.25) is 0 Å². The minimum absolute atomic E-state index is 0.111. The predicted octanol–water partition coefficient (Wildman–Crippen LogP) is 3.26. The molecule has 1 amide bonds. The van der Waals surface area contributed by atoms with Gasteiger partial charge in [-0.2, -0.15) is 0 Å². The molecule has 1 saturated carbocycles. The summed E-state index contributed by atoms with van der Waals surface area (Å²) in [6.45, 7) is 1.02. The Bertz CT molecular complexity index is 707. The van der Waals surface area contributed by atoms with Crippen LogP contribution in [0.3, 0.4) is 0 Å². The van der Waals surface area contributed by atoms with Crippen LogP contribution in [0.25, 0.3) is 11.1 Å². The van der Waals surface area contributed by atoms with Crippen LogP contribution in [-0.2, 0) is 4.74 Å². The first-order valence-electron chi connectivity index (χ1n) is 8.57. The normalized spacial score (nSPS) is 21.5. The van der Waals surface area contributed by atoms with Gasteiger partial charge >= 0.3 is 6.09 Å². The maximum absolute atomic E-state index is 12.0. The first-order chi connectivity index (χ1) is 11.7. The van der Waals surface area contributed by atoms with Gasteiger partial charge in [-0.05, 0) is 41.0 Å². The number of rotatable bonds is 4. The standard InChI is InChI=1S/C20H22N2O2/c21-14-9-13(10-14)11-22-20(23)24-12-19-17-7-3-1-5-15(17)16-6-2-4-8-18(16)19/h1-8,13-14,19H,9-12,21H2,(H,22,23). The van der Waals surface area contributed by atoms with E-state index < -0.39 is 0 Å². The summed E-state index contributed by atoms with van der Waals surface area (Å²) < 4.78 is 5.50. The van der Waals surface area contributed by atoms with E-state index in [2.05, 4.69) is 41.7 Å². The van der Waals surface area contributed by atoms with Gasteiger partial charge in [0.15, 0.2) is 0 Å². The average Bonchev–Trinajstić information content (AvgIpc) is 2.90. The number of amides is 1. The molecule has 3 N–H and O–H groups in total. The first kappa shape index (κ1) is 15.2. The van der Waals surface area contributed by atoms with Crippen LogP contribution in [-0.4, -0.2) is 25.3 Å². The molecule has 2 aliphatic rings. The van der Waals surface area contributed by atoms with Crippen molar-refractivity contribution in [3.63, 3.8) is 0 Å². The summed E-state index contributed by atoms with van der Waals surface area (Å²) >= 11 is 0. The van der Waals surface area contributed by atoms with Gasteiger partial charge in [-0.3, -0.25) is 0 Å². The molecule has 0 spiro atoms. The average molecular weight is 322 g/mol. The SMILES string of the molecule is NC1CC(CNC(=O)OCC2c3ccccc3-c3ccccc32)C1. The molecule has 2 aliphatic carbocycles.